The Kier molecular flexibility index (Phi) is 5.90. The summed E-state index contributed by atoms with van der Waals surface area (Å²) in [5, 5.41) is 11.3. The summed E-state index contributed by atoms with van der Waals surface area (Å²) < 4.78 is 5.08. The molecule has 1 atom stereocenters. The molecule has 1 heterocycles. The predicted octanol–water partition coefficient (Wildman–Crippen LogP) is 2.66. The zero-order chi connectivity index (χ0) is 16.8. The predicted molar refractivity (Wildman–Crippen MR) is 88.7 cm³/mol. The number of hydrogen-bond acceptors (Lipinski definition) is 4. The molecule has 0 aliphatic carbocycles. The van der Waals surface area contributed by atoms with Gasteiger partial charge in [0.15, 0.2) is 0 Å². The summed E-state index contributed by atoms with van der Waals surface area (Å²) >= 11 is 1.30. The molecular weight excluding hydrogens is 314 g/mol. The standard InChI is InChI=1S/C17H19NO4S/c1-18(16(19)15-13(11-22-2)8-9-23-15)14(17(20)21)10-12-6-4-3-5-7-12/h3-9,14H,10-11H2,1-2H3,(H,20,21). The summed E-state index contributed by atoms with van der Waals surface area (Å²) in [6, 6.07) is 10.2. The number of thiophene rings is 1. The van der Waals surface area contributed by atoms with Gasteiger partial charge in [-0.2, -0.15) is 0 Å². The molecule has 0 aliphatic heterocycles. The molecule has 1 aromatic carbocycles. The zero-order valence-electron chi connectivity index (χ0n) is 13.1. The van der Waals surface area contributed by atoms with Crippen LogP contribution in [0.3, 0.4) is 0 Å². The van der Waals surface area contributed by atoms with E-state index in [0.717, 1.165) is 11.1 Å². The molecule has 0 saturated heterocycles. The van der Waals surface area contributed by atoms with E-state index in [1.54, 1.807) is 7.11 Å². The van der Waals surface area contributed by atoms with Crippen molar-refractivity contribution in [1.82, 2.24) is 4.90 Å². The first-order chi connectivity index (χ1) is 11.0. The van der Waals surface area contributed by atoms with Gasteiger partial charge in [0.05, 0.1) is 11.5 Å². The number of aliphatic carboxylic acids is 1. The van der Waals surface area contributed by atoms with Crippen LogP contribution in [0.15, 0.2) is 41.8 Å². The zero-order valence-corrected chi connectivity index (χ0v) is 13.9. The molecule has 5 nitrogen and oxygen atoms in total. The minimum atomic E-state index is -1.02. The summed E-state index contributed by atoms with van der Waals surface area (Å²) in [7, 11) is 3.09. The number of hydrogen-bond donors (Lipinski definition) is 1. The quantitative estimate of drug-likeness (QED) is 0.846. The van der Waals surface area contributed by atoms with Crippen LogP contribution < -0.4 is 0 Å². The van der Waals surface area contributed by atoms with E-state index in [1.165, 1.54) is 23.3 Å². The number of carbonyl (C=O) groups excluding carboxylic acids is 1. The Morgan fingerprint density at radius 2 is 1.96 bits per heavy atom. The summed E-state index contributed by atoms with van der Waals surface area (Å²) in [6.07, 6.45) is 0.267. The van der Waals surface area contributed by atoms with Crippen molar-refractivity contribution in [2.45, 2.75) is 19.1 Å². The van der Waals surface area contributed by atoms with E-state index in [4.69, 9.17) is 4.74 Å². The molecule has 1 aromatic heterocycles. The van der Waals surface area contributed by atoms with E-state index in [-0.39, 0.29) is 12.3 Å². The second-order valence-electron chi connectivity index (χ2n) is 5.17. The first-order valence-corrected chi connectivity index (χ1v) is 8.01. The fraction of sp³-hybridized carbons (Fsp3) is 0.294. The Labute approximate surface area is 139 Å². The van der Waals surface area contributed by atoms with Gasteiger partial charge in [0.25, 0.3) is 5.91 Å². The lowest BCUT2D eigenvalue weighted by Gasteiger charge is -2.25. The average molecular weight is 333 g/mol. The lowest BCUT2D eigenvalue weighted by molar-refractivity contribution is -0.141. The number of carboxylic acids is 1. The third kappa shape index (κ3) is 4.18. The van der Waals surface area contributed by atoms with Gasteiger partial charge < -0.3 is 14.7 Å². The monoisotopic (exact) mass is 333 g/mol. The molecule has 6 heteroatoms. The third-order valence-electron chi connectivity index (χ3n) is 3.59. The highest BCUT2D eigenvalue weighted by Gasteiger charge is 2.29. The number of rotatable bonds is 7. The van der Waals surface area contributed by atoms with Gasteiger partial charge in [0, 0.05) is 26.1 Å². The molecule has 1 unspecified atom stereocenters. The van der Waals surface area contributed by atoms with Crippen molar-refractivity contribution in [2.75, 3.05) is 14.2 Å². The molecule has 23 heavy (non-hydrogen) atoms. The van der Waals surface area contributed by atoms with Crippen LogP contribution in [0.4, 0.5) is 0 Å². The summed E-state index contributed by atoms with van der Waals surface area (Å²) in [6.45, 7) is 0.328. The lowest BCUT2D eigenvalue weighted by atomic mass is 10.0. The molecule has 0 fully saturated rings. The maximum atomic E-state index is 12.7. The van der Waals surface area contributed by atoms with Gasteiger partial charge in [0.2, 0.25) is 0 Å². The Hall–Kier alpha value is -2.18. The number of nitrogens with zero attached hydrogens (tertiary/aromatic N) is 1. The molecule has 0 radical (unpaired) electrons. The van der Waals surface area contributed by atoms with Crippen molar-refractivity contribution in [3.05, 3.63) is 57.8 Å². The second-order valence-corrected chi connectivity index (χ2v) is 6.08. The molecule has 2 aromatic rings. The average Bonchev–Trinajstić information content (AvgIpc) is 3.00. The largest absolute Gasteiger partial charge is 0.480 e. The summed E-state index contributed by atoms with van der Waals surface area (Å²) in [4.78, 5) is 26.1. The number of ether oxygens (including phenoxy) is 1. The van der Waals surface area contributed by atoms with Crippen molar-refractivity contribution in [2.24, 2.45) is 0 Å². The molecule has 0 spiro atoms. The SMILES string of the molecule is COCc1ccsc1C(=O)N(C)C(Cc1ccccc1)C(=O)O. The molecule has 1 amide bonds. The van der Waals surface area contributed by atoms with Gasteiger partial charge >= 0.3 is 5.97 Å². The minimum Gasteiger partial charge on any atom is -0.480 e. The van der Waals surface area contributed by atoms with E-state index >= 15 is 0 Å². The topological polar surface area (TPSA) is 66.8 Å². The van der Waals surface area contributed by atoms with E-state index in [9.17, 15) is 14.7 Å². The highest BCUT2D eigenvalue weighted by Crippen LogP contribution is 2.21. The Morgan fingerprint density at radius 3 is 2.57 bits per heavy atom. The van der Waals surface area contributed by atoms with Crippen LogP contribution >= 0.6 is 11.3 Å². The van der Waals surface area contributed by atoms with Gasteiger partial charge in [0.1, 0.15) is 6.04 Å². The van der Waals surface area contributed by atoms with Crippen LogP contribution in [-0.4, -0.2) is 42.1 Å². The lowest BCUT2D eigenvalue weighted by Crippen LogP contribution is -2.43. The fourth-order valence-electron chi connectivity index (χ4n) is 2.32. The van der Waals surface area contributed by atoms with Crippen LogP contribution in [0, 0.1) is 0 Å². The third-order valence-corrected chi connectivity index (χ3v) is 4.53. The smallest absolute Gasteiger partial charge is 0.326 e. The fourth-order valence-corrected chi connectivity index (χ4v) is 3.21. The van der Waals surface area contributed by atoms with Gasteiger partial charge in [-0.15, -0.1) is 11.3 Å². The number of benzene rings is 1. The number of carbonyl (C=O) groups is 2. The maximum Gasteiger partial charge on any atom is 0.326 e. The van der Waals surface area contributed by atoms with Crippen LogP contribution in [0.1, 0.15) is 20.8 Å². The van der Waals surface area contributed by atoms with E-state index in [0.29, 0.717) is 11.5 Å². The first kappa shape index (κ1) is 17.2. The van der Waals surface area contributed by atoms with Crippen LogP contribution in [0.25, 0.3) is 0 Å². The molecule has 0 bridgehead atoms. The summed E-state index contributed by atoms with van der Waals surface area (Å²) in [5.41, 5.74) is 1.65. The normalized spacial score (nSPS) is 11.9. The second kappa shape index (κ2) is 7.89. The molecule has 0 aliphatic rings. The van der Waals surface area contributed by atoms with Crippen LogP contribution in [-0.2, 0) is 22.6 Å². The molecule has 1 N–H and O–H groups in total. The number of carboxylic acid groups (broad SMARTS) is 1. The Morgan fingerprint density at radius 1 is 1.26 bits per heavy atom. The number of methoxy groups -OCH3 is 1. The van der Waals surface area contributed by atoms with Crippen molar-refractivity contribution >= 4 is 23.2 Å². The van der Waals surface area contributed by atoms with E-state index in [2.05, 4.69) is 0 Å². The van der Waals surface area contributed by atoms with Gasteiger partial charge in [-0.05, 0) is 17.0 Å². The highest BCUT2D eigenvalue weighted by atomic mass is 32.1. The maximum absolute atomic E-state index is 12.7. The molecule has 2 rings (SSSR count). The van der Waals surface area contributed by atoms with Crippen LogP contribution in [0.2, 0.25) is 0 Å². The van der Waals surface area contributed by atoms with Crippen molar-refractivity contribution < 1.29 is 19.4 Å². The molecular formula is C17H19NO4S. The van der Waals surface area contributed by atoms with Gasteiger partial charge in [-0.25, -0.2) is 4.79 Å². The van der Waals surface area contributed by atoms with Crippen molar-refractivity contribution in [1.29, 1.82) is 0 Å². The summed E-state index contributed by atoms with van der Waals surface area (Å²) in [5.74, 6) is -1.31. The van der Waals surface area contributed by atoms with E-state index in [1.807, 2.05) is 41.8 Å². The van der Waals surface area contributed by atoms with Crippen LogP contribution in [0.5, 0.6) is 0 Å². The minimum absolute atomic E-state index is 0.267. The molecule has 0 saturated carbocycles. The number of amides is 1. The van der Waals surface area contributed by atoms with E-state index < -0.39 is 12.0 Å². The Balaban J connectivity index is 2.20. The molecule has 122 valence electrons. The van der Waals surface area contributed by atoms with Crippen molar-refractivity contribution in [3.63, 3.8) is 0 Å². The van der Waals surface area contributed by atoms with Crippen molar-refractivity contribution in [3.8, 4) is 0 Å². The van der Waals surface area contributed by atoms with Gasteiger partial charge in [-0.1, -0.05) is 30.3 Å². The van der Waals surface area contributed by atoms with Gasteiger partial charge in [-0.3, -0.25) is 4.79 Å². The highest BCUT2D eigenvalue weighted by molar-refractivity contribution is 7.12. The Bertz CT molecular complexity index is 668. The first-order valence-electron chi connectivity index (χ1n) is 7.13. The number of likely N-dealkylation sites (N-methyl/N-ethyl adjacent to an activating group) is 1.